The zero-order chi connectivity index (χ0) is 9.38. The molecule has 1 aromatic carbocycles. The van der Waals surface area contributed by atoms with E-state index in [2.05, 4.69) is 25.6 Å². The molecule has 14 heavy (non-hydrogen) atoms. The van der Waals surface area contributed by atoms with Gasteiger partial charge >= 0.3 is 0 Å². The highest BCUT2D eigenvalue weighted by atomic mass is 32.1. The third kappa shape index (κ3) is 1.10. The van der Waals surface area contributed by atoms with E-state index in [-0.39, 0.29) is 0 Å². The molecule has 2 heterocycles. The Balaban J connectivity index is 2.23. The number of nitrogens with zero attached hydrogens (tertiary/aromatic N) is 3. The summed E-state index contributed by atoms with van der Waals surface area (Å²) in [6, 6.07) is 6.12. The number of nitrogens with one attached hydrogen (secondary N) is 1. The third-order valence-electron chi connectivity index (χ3n) is 2.04. The number of aromatic amines is 1. The summed E-state index contributed by atoms with van der Waals surface area (Å²) in [5, 5.41) is 8.85. The quantitative estimate of drug-likeness (QED) is 0.657. The fourth-order valence-electron chi connectivity index (χ4n) is 1.37. The van der Waals surface area contributed by atoms with Crippen molar-refractivity contribution < 1.29 is 0 Å². The van der Waals surface area contributed by atoms with Crippen LogP contribution in [0.25, 0.3) is 21.5 Å². The van der Waals surface area contributed by atoms with Crippen LogP contribution in [-0.2, 0) is 0 Å². The van der Waals surface area contributed by atoms with E-state index in [9.17, 15) is 0 Å². The summed E-state index contributed by atoms with van der Waals surface area (Å²) in [5.74, 6) is 0.790. The second kappa shape index (κ2) is 2.88. The molecule has 1 N–H and O–H groups in total. The van der Waals surface area contributed by atoms with Crippen LogP contribution < -0.4 is 0 Å². The molecular weight excluding hydrogens is 196 g/mol. The van der Waals surface area contributed by atoms with Gasteiger partial charge in [0.25, 0.3) is 0 Å². The van der Waals surface area contributed by atoms with E-state index in [1.165, 1.54) is 16.2 Å². The first-order valence-electron chi connectivity index (χ1n) is 4.14. The second-order valence-electron chi connectivity index (χ2n) is 2.92. The molecule has 0 amide bonds. The van der Waals surface area contributed by atoms with Crippen LogP contribution >= 0.6 is 11.5 Å². The molecule has 2 aromatic heterocycles. The van der Waals surface area contributed by atoms with Crippen LogP contribution in [0.4, 0.5) is 0 Å². The van der Waals surface area contributed by atoms with Gasteiger partial charge in [0.2, 0.25) is 0 Å². The molecule has 0 saturated heterocycles. The molecule has 0 bridgehead atoms. The number of hydrogen-bond acceptors (Lipinski definition) is 4. The highest BCUT2D eigenvalue weighted by molar-refractivity contribution is 7.13. The Labute approximate surface area is 83.8 Å². The normalized spacial score (nSPS) is 10.9. The van der Waals surface area contributed by atoms with Gasteiger partial charge in [0.15, 0.2) is 5.82 Å². The summed E-state index contributed by atoms with van der Waals surface area (Å²) in [6.07, 6.45) is 3.44. The smallest absolute Gasteiger partial charge is 0.161 e. The first-order valence-corrected chi connectivity index (χ1v) is 4.92. The Morgan fingerprint density at radius 2 is 2.29 bits per heavy atom. The van der Waals surface area contributed by atoms with Crippen molar-refractivity contribution in [3.05, 3.63) is 30.7 Å². The lowest BCUT2D eigenvalue weighted by Crippen LogP contribution is -1.79. The fraction of sp³-hybridized carbons (Fsp3) is 0. The maximum atomic E-state index is 4.12. The van der Waals surface area contributed by atoms with Gasteiger partial charge in [-0.3, -0.25) is 0 Å². The average molecular weight is 202 g/mol. The minimum atomic E-state index is 0.790. The summed E-state index contributed by atoms with van der Waals surface area (Å²) in [7, 11) is 0. The van der Waals surface area contributed by atoms with E-state index in [1.54, 1.807) is 6.33 Å². The lowest BCUT2D eigenvalue weighted by Gasteiger charge is -1.94. The van der Waals surface area contributed by atoms with Crippen LogP contribution in [0.3, 0.4) is 0 Å². The van der Waals surface area contributed by atoms with Crippen LogP contribution in [-0.4, -0.2) is 19.6 Å². The Morgan fingerprint density at radius 1 is 1.29 bits per heavy atom. The third-order valence-corrected chi connectivity index (χ3v) is 2.82. The van der Waals surface area contributed by atoms with Gasteiger partial charge in [-0.1, -0.05) is 0 Å². The fourth-order valence-corrected chi connectivity index (χ4v) is 1.99. The molecule has 0 fully saturated rings. The largest absolute Gasteiger partial charge is 0.328 e. The standard InChI is InChI=1S/C9H6N4S/c1-2-8-7(4-12-14-8)3-6(1)9-10-5-11-13-9/h1-5H,(H,10,11,13). The number of rotatable bonds is 1. The number of aromatic nitrogens is 4. The molecule has 4 nitrogen and oxygen atoms in total. The monoisotopic (exact) mass is 202 g/mol. The molecule has 0 radical (unpaired) electrons. The predicted molar refractivity (Wildman–Crippen MR) is 55.0 cm³/mol. The summed E-state index contributed by atoms with van der Waals surface area (Å²) >= 11 is 1.50. The Morgan fingerprint density at radius 3 is 3.14 bits per heavy atom. The van der Waals surface area contributed by atoms with E-state index in [4.69, 9.17) is 0 Å². The molecule has 0 spiro atoms. The predicted octanol–water partition coefficient (Wildman–Crippen LogP) is 2.08. The van der Waals surface area contributed by atoms with Crippen molar-refractivity contribution in [2.45, 2.75) is 0 Å². The van der Waals surface area contributed by atoms with E-state index in [1.807, 2.05) is 18.3 Å². The van der Waals surface area contributed by atoms with Gasteiger partial charge < -0.3 is 4.98 Å². The molecule has 0 unspecified atom stereocenters. The van der Waals surface area contributed by atoms with Crippen LogP contribution in [0.5, 0.6) is 0 Å². The van der Waals surface area contributed by atoms with Crippen LogP contribution in [0.2, 0.25) is 0 Å². The van der Waals surface area contributed by atoms with Crippen molar-refractivity contribution in [3.63, 3.8) is 0 Å². The molecule has 0 atom stereocenters. The first-order chi connectivity index (χ1) is 6.93. The van der Waals surface area contributed by atoms with Gasteiger partial charge in [-0.05, 0) is 29.7 Å². The Kier molecular flexibility index (Phi) is 1.57. The number of H-pyrrole nitrogens is 1. The van der Waals surface area contributed by atoms with Gasteiger partial charge in [0, 0.05) is 17.1 Å². The topological polar surface area (TPSA) is 54.5 Å². The number of fused-ring (bicyclic) bond motifs is 1. The SMILES string of the molecule is c1nnc(-c2ccc3sncc3c2)[nH]1. The Bertz CT molecular complexity index is 555. The van der Waals surface area contributed by atoms with Crippen molar-refractivity contribution >= 4 is 21.6 Å². The molecule has 0 aliphatic heterocycles. The van der Waals surface area contributed by atoms with E-state index < -0.39 is 0 Å². The van der Waals surface area contributed by atoms with Gasteiger partial charge in [-0.25, -0.2) is 0 Å². The zero-order valence-corrected chi connectivity index (χ0v) is 7.95. The zero-order valence-electron chi connectivity index (χ0n) is 7.14. The molecule has 3 aromatic rings. The number of benzene rings is 1. The molecule has 3 rings (SSSR count). The van der Waals surface area contributed by atoms with Crippen LogP contribution in [0, 0.1) is 0 Å². The maximum Gasteiger partial charge on any atom is 0.161 e. The summed E-state index contributed by atoms with van der Waals surface area (Å²) in [4.78, 5) is 2.97. The maximum absolute atomic E-state index is 4.12. The van der Waals surface area contributed by atoms with Gasteiger partial charge in [0.1, 0.15) is 6.33 Å². The average Bonchev–Trinajstić information content (AvgIpc) is 2.88. The van der Waals surface area contributed by atoms with E-state index in [0.717, 1.165) is 16.8 Å². The van der Waals surface area contributed by atoms with Crippen molar-refractivity contribution in [2.24, 2.45) is 0 Å². The lowest BCUT2D eigenvalue weighted by atomic mass is 10.2. The summed E-state index contributed by atoms with van der Waals surface area (Å²) < 4.78 is 5.31. The molecule has 5 heteroatoms. The molecular formula is C9H6N4S. The highest BCUT2D eigenvalue weighted by Gasteiger charge is 2.02. The van der Waals surface area contributed by atoms with E-state index >= 15 is 0 Å². The minimum Gasteiger partial charge on any atom is -0.328 e. The van der Waals surface area contributed by atoms with Gasteiger partial charge in [-0.2, -0.15) is 4.37 Å². The van der Waals surface area contributed by atoms with Crippen molar-refractivity contribution in [1.29, 1.82) is 0 Å². The highest BCUT2D eigenvalue weighted by Crippen LogP contribution is 2.23. The van der Waals surface area contributed by atoms with Gasteiger partial charge in [0.05, 0.1) is 4.70 Å². The van der Waals surface area contributed by atoms with Gasteiger partial charge in [-0.15, -0.1) is 10.2 Å². The minimum absolute atomic E-state index is 0.790. The summed E-state index contributed by atoms with van der Waals surface area (Å²) in [6.45, 7) is 0. The van der Waals surface area contributed by atoms with Crippen molar-refractivity contribution in [3.8, 4) is 11.4 Å². The Hall–Kier alpha value is -1.75. The lowest BCUT2D eigenvalue weighted by molar-refractivity contribution is 1.10. The van der Waals surface area contributed by atoms with E-state index in [0.29, 0.717) is 0 Å². The molecule has 0 aliphatic carbocycles. The number of hydrogen-bond donors (Lipinski definition) is 1. The molecule has 0 saturated carbocycles. The first kappa shape index (κ1) is 7.64. The molecule has 0 aliphatic rings. The van der Waals surface area contributed by atoms with Crippen molar-refractivity contribution in [2.75, 3.05) is 0 Å². The van der Waals surface area contributed by atoms with Crippen LogP contribution in [0.1, 0.15) is 0 Å². The summed E-state index contributed by atoms with van der Waals surface area (Å²) in [5.41, 5.74) is 1.04. The van der Waals surface area contributed by atoms with Crippen molar-refractivity contribution in [1.82, 2.24) is 19.6 Å². The van der Waals surface area contributed by atoms with Crippen LogP contribution in [0.15, 0.2) is 30.7 Å². The molecule has 68 valence electrons. The second-order valence-corrected chi connectivity index (χ2v) is 3.75.